The fourth-order valence-electron chi connectivity index (χ4n) is 0.534. The number of oxazole rings is 1. The molecule has 0 bridgehead atoms. The zero-order chi connectivity index (χ0) is 8.43. The lowest BCUT2D eigenvalue weighted by Gasteiger charge is -1.80. The third kappa shape index (κ3) is 1.43. The lowest BCUT2D eigenvalue weighted by atomic mass is 10.4. The summed E-state index contributed by atoms with van der Waals surface area (Å²) in [4.78, 5) is 24.1. The van der Waals surface area contributed by atoms with Crippen molar-refractivity contribution in [2.75, 3.05) is 0 Å². The van der Waals surface area contributed by atoms with E-state index in [1.165, 1.54) is 6.92 Å². The van der Waals surface area contributed by atoms with Crippen LogP contribution < -0.4 is 0 Å². The summed E-state index contributed by atoms with van der Waals surface area (Å²) in [6.07, 6.45) is 0.930. The molecule has 1 heterocycles. The molecule has 0 unspecified atom stereocenters. The van der Waals surface area contributed by atoms with Gasteiger partial charge in [0.2, 0.25) is 5.78 Å². The summed E-state index contributed by atoms with van der Waals surface area (Å²) in [6.45, 7) is 1.25. The Labute approximate surface area is 61.7 Å². The van der Waals surface area contributed by atoms with Gasteiger partial charge in [-0.25, -0.2) is 4.79 Å². The van der Waals surface area contributed by atoms with Crippen LogP contribution in [0.3, 0.4) is 0 Å². The van der Waals surface area contributed by atoms with Gasteiger partial charge in [-0.1, -0.05) is 0 Å². The molecule has 1 N–H and O–H groups in total. The van der Waals surface area contributed by atoms with Crippen molar-refractivity contribution in [1.82, 2.24) is 4.98 Å². The number of carboxylic acid groups (broad SMARTS) is 1. The van der Waals surface area contributed by atoms with Gasteiger partial charge in [0, 0.05) is 6.92 Å². The average Bonchev–Trinajstić information content (AvgIpc) is 2.33. The van der Waals surface area contributed by atoms with E-state index in [4.69, 9.17) is 5.11 Å². The maximum atomic E-state index is 10.5. The number of carbonyl (C=O) groups excluding carboxylic acids is 1. The molecule has 0 spiro atoms. The highest BCUT2D eigenvalue weighted by atomic mass is 16.4. The van der Waals surface area contributed by atoms with Crippen LogP contribution in [0.25, 0.3) is 0 Å². The van der Waals surface area contributed by atoms with Crippen LogP contribution in [0.15, 0.2) is 10.7 Å². The van der Waals surface area contributed by atoms with Crippen LogP contribution in [0.2, 0.25) is 0 Å². The number of carboxylic acids is 1. The van der Waals surface area contributed by atoms with E-state index in [1.54, 1.807) is 0 Å². The number of Topliss-reactive ketones (excluding diaryl/α,β-unsaturated/α-hetero) is 1. The molecule has 0 saturated heterocycles. The Balaban J connectivity index is 2.99. The molecule has 58 valence electrons. The average molecular weight is 155 g/mol. The minimum absolute atomic E-state index is 0.178. The number of aromatic carboxylic acids is 1. The number of nitrogens with zero attached hydrogens (tertiary/aromatic N) is 1. The van der Waals surface area contributed by atoms with Crippen molar-refractivity contribution in [3.8, 4) is 0 Å². The summed E-state index contributed by atoms with van der Waals surface area (Å²) < 4.78 is 4.55. The Morgan fingerprint density at radius 3 is 2.55 bits per heavy atom. The second-order valence-corrected chi connectivity index (χ2v) is 1.90. The minimum atomic E-state index is -1.21. The molecule has 0 saturated carbocycles. The Kier molecular flexibility index (Phi) is 1.72. The van der Waals surface area contributed by atoms with E-state index in [2.05, 4.69) is 9.40 Å². The van der Waals surface area contributed by atoms with Gasteiger partial charge >= 0.3 is 5.97 Å². The van der Waals surface area contributed by atoms with Crippen LogP contribution in [-0.4, -0.2) is 21.8 Å². The highest BCUT2D eigenvalue weighted by molar-refractivity contribution is 5.91. The van der Waals surface area contributed by atoms with Crippen molar-refractivity contribution in [3.63, 3.8) is 0 Å². The molecule has 1 aromatic rings. The van der Waals surface area contributed by atoms with Gasteiger partial charge < -0.3 is 9.52 Å². The third-order valence-electron chi connectivity index (χ3n) is 1.02. The zero-order valence-corrected chi connectivity index (χ0v) is 5.70. The number of hydrogen-bond donors (Lipinski definition) is 1. The molecule has 0 fully saturated rings. The largest absolute Gasteiger partial charge is 0.476 e. The molecule has 1 aromatic heterocycles. The van der Waals surface area contributed by atoms with Gasteiger partial charge in [0.25, 0.3) is 5.89 Å². The van der Waals surface area contributed by atoms with E-state index < -0.39 is 11.8 Å². The first-order chi connectivity index (χ1) is 5.11. The van der Waals surface area contributed by atoms with Crippen molar-refractivity contribution >= 4 is 11.8 Å². The number of carbonyl (C=O) groups is 2. The van der Waals surface area contributed by atoms with Crippen molar-refractivity contribution < 1.29 is 19.1 Å². The van der Waals surface area contributed by atoms with Gasteiger partial charge in [-0.3, -0.25) is 4.79 Å². The topological polar surface area (TPSA) is 80.4 Å². The summed E-state index contributed by atoms with van der Waals surface area (Å²) in [5, 5.41) is 8.35. The van der Waals surface area contributed by atoms with Crippen LogP contribution in [0.1, 0.15) is 28.1 Å². The van der Waals surface area contributed by atoms with E-state index in [1.807, 2.05) is 0 Å². The number of rotatable bonds is 2. The standard InChI is InChI=1S/C6H5NO4/c1-3(8)5-7-4(2-11-5)6(9)10/h2H,1H3,(H,9,10). The molecule has 0 atom stereocenters. The second-order valence-electron chi connectivity index (χ2n) is 1.90. The van der Waals surface area contributed by atoms with Crippen LogP contribution >= 0.6 is 0 Å². The molecule has 1 rings (SSSR count). The Hall–Kier alpha value is -1.65. The summed E-state index contributed by atoms with van der Waals surface area (Å²) >= 11 is 0. The lowest BCUT2D eigenvalue weighted by Crippen LogP contribution is -1.98. The Bertz CT molecular complexity index is 273. The van der Waals surface area contributed by atoms with Crippen molar-refractivity contribution in [3.05, 3.63) is 17.8 Å². The molecule has 0 aliphatic heterocycles. The van der Waals surface area contributed by atoms with E-state index in [9.17, 15) is 9.59 Å². The van der Waals surface area contributed by atoms with E-state index in [0.29, 0.717) is 0 Å². The maximum absolute atomic E-state index is 10.5. The van der Waals surface area contributed by atoms with Gasteiger partial charge in [0.15, 0.2) is 5.69 Å². The minimum Gasteiger partial charge on any atom is -0.476 e. The second kappa shape index (κ2) is 2.53. The summed E-state index contributed by atoms with van der Waals surface area (Å²) in [5.41, 5.74) is -0.254. The Morgan fingerprint density at radius 2 is 2.27 bits per heavy atom. The van der Waals surface area contributed by atoms with Crippen molar-refractivity contribution in [2.24, 2.45) is 0 Å². The monoisotopic (exact) mass is 155 g/mol. The third-order valence-corrected chi connectivity index (χ3v) is 1.02. The van der Waals surface area contributed by atoms with E-state index in [-0.39, 0.29) is 11.6 Å². The first kappa shape index (κ1) is 7.46. The first-order valence-electron chi connectivity index (χ1n) is 2.81. The fraction of sp³-hybridized carbons (Fsp3) is 0.167. The highest BCUT2D eigenvalue weighted by Gasteiger charge is 2.12. The van der Waals surface area contributed by atoms with Crippen LogP contribution in [0.5, 0.6) is 0 Å². The lowest BCUT2D eigenvalue weighted by molar-refractivity contribution is 0.0690. The van der Waals surface area contributed by atoms with Gasteiger partial charge in [-0.15, -0.1) is 0 Å². The molecule has 0 aliphatic carbocycles. The van der Waals surface area contributed by atoms with Gasteiger partial charge in [-0.05, 0) is 0 Å². The van der Waals surface area contributed by atoms with E-state index in [0.717, 1.165) is 6.26 Å². The molecule has 11 heavy (non-hydrogen) atoms. The summed E-state index contributed by atoms with van der Waals surface area (Å²) in [6, 6.07) is 0. The normalized spacial score (nSPS) is 9.55. The molecule has 0 aliphatic rings. The number of ketones is 1. The fourth-order valence-corrected chi connectivity index (χ4v) is 0.534. The number of hydrogen-bond acceptors (Lipinski definition) is 4. The quantitative estimate of drug-likeness (QED) is 0.631. The van der Waals surface area contributed by atoms with Crippen LogP contribution in [0, 0.1) is 0 Å². The van der Waals surface area contributed by atoms with Gasteiger partial charge in [-0.2, -0.15) is 4.98 Å². The van der Waals surface area contributed by atoms with Crippen molar-refractivity contribution in [2.45, 2.75) is 6.92 Å². The zero-order valence-electron chi connectivity index (χ0n) is 5.70. The SMILES string of the molecule is CC(=O)c1nc(C(=O)O)co1. The molecule has 0 amide bonds. The maximum Gasteiger partial charge on any atom is 0.357 e. The van der Waals surface area contributed by atoms with Gasteiger partial charge in [0.05, 0.1) is 0 Å². The van der Waals surface area contributed by atoms with Crippen molar-refractivity contribution in [1.29, 1.82) is 0 Å². The predicted octanol–water partition coefficient (Wildman–Crippen LogP) is 0.575. The molecule has 0 radical (unpaired) electrons. The molecular formula is C6H5NO4. The van der Waals surface area contributed by atoms with Crippen LogP contribution in [0.4, 0.5) is 0 Å². The van der Waals surface area contributed by atoms with Crippen LogP contribution in [-0.2, 0) is 0 Å². The predicted molar refractivity (Wildman–Crippen MR) is 33.5 cm³/mol. The Morgan fingerprint density at radius 1 is 1.64 bits per heavy atom. The van der Waals surface area contributed by atoms with E-state index >= 15 is 0 Å². The molecular weight excluding hydrogens is 150 g/mol. The summed E-state index contributed by atoms with van der Waals surface area (Å²) in [5.74, 6) is -1.78. The summed E-state index contributed by atoms with van der Waals surface area (Å²) in [7, 11) is 0. The number of aromatic nitrogens is 1. The van der Waals surface area contributed by atoms with Gasteiger partial charge in [0.1, 0.15) is 6.26 Å². The molecule has 5 heteroatoms. The first-order valence-corrected chi connectivity index (χ1v) is 2.81. The highest BCUT2D eigenvalue weighted by Crippen LogP contribution is 2.01. The molecule has 5 nitrogen and oxygen atoms in total. The molecule has 0 aromatic carbocycles. The smallest absolute Gasteiger partial charge is 0.357 e.